The summed E-state index contributed by atoms with van der Waals surface area (Å²) >= 11 is 0. The number of hydrogen-bond acceptors (Lipinski definition) is 2. The van der Waals surface area contributed by atoms with Gasteiger partial charge in [0.05, 0.1) is 0 Å². The second kappa shape index (κ2) is 10.1. The molecule has 3 heteroatoms. The molecule has 0 aliphatic heterocycles. The summed E-state index contributed by atoms with van der Waals surface area (Å²) < 4.78 is 6.62. The number of hydrogen-bond donors (Lipinski definition) is 0. The van der Waals surface area contributed by atoms with Crippen LogP contribution in [0.15, 0.2) is 54.6 Å². The molecule has 0 N–H and O–H groups in total. The van der Waals surface area contributed by atoms with Gasteiger partial charge >= 0.3 is 0 Å². The first kappa shape index (κ1) is 24.7. The number of rotatable bonds is 9. The minimum atomic E-state index is -1.86. The molecule has 0 aromatic heterocycles. The highest BCUT2D eigenvalue weighted by Crippen LogP contribution is 2.38. The van der Waals surface area contributed by atoms with E-state index in [2.05, 4.69) is 121 Å². The normalized spacial score (nSPS) is 13.9. The van der Waals surface area contributed by atoms with Crippen LogP contribution in [0.25, 0.3) is 0 Å². The molecule has 0 amide bonds. The van der Waals surface area contributed by atoms with Crippen LogP contribution in [0.5, 0.6) is 5.75 Å². The SMILES string of the molecule is CC(C)N(CCC(c1ccccc1)c1cccc(O[Si](C)(C)C(C)(C)C)c1)C(C)C. The Labute approximate surface area is 186 Å². The molecule has 166 valence electrons. The van der Waals surface area contributed by atoms with E-state index in [-0.39, 0.29) is 5.04 Å². The Balaban J connectivity index is 2.33. The Kier molecular flexibility index (Phi) is 8.35. The fraction of sp³-hybridized carbons (Fsp3) is 0.556. The second-order valence-corrected chi connectivity index (χ2v) is 15.3. The lowest BCUT2D eigenvalue weighted by atomic mass is 9.88. The highest BCUT2D eigenvalue weighted by atomic mass is 28.4. The van der Waals surface area contributed by atoms with Crippen molar-refractivity contribution in [2.24, 2.45) is 0 Å². The van der Waals surface area contributed by atoms with E-state index in [0.29, 0.717) is 18.0 Å². The van der Waals surface area contributed by atoms with Crippen molar-refractivity contribution in [1.29, 1.82) is 0 Å². The minimum absolute atomic E-state index is 0.191. The zero-order valence-corrected chi connectivity index (χ0v) is 21.7. The maximum atomic E-state index is 6.62. The molecular formula is C27H43NOSi. The number of benzene rings is 2. The Hall–Kier alpha value is -1.58. The van der Waals surface area contributed by atoms with Gasteiger partial charge in [-0.15, -0.1) is 0 Å². The van der Waals surface area contributed by atoms with Crippen LogP contribution >= 0.6 is 0 Å². The van der Waals surface area contributed by atoms with Gasteiger partial charge in [-0.2, -0.15) is 0 Å². The first-order chi connectivity index (χ1) is 13.9. The molecule has 0 radical (unpaired) electrons. The Morgan fingerprint density at radius 1 is 0.833 bits per heavy atom. The molecule has 1 unspecified atom stereocenters. The van der Waals surface area contributed by atoms with Gasteiger partial charge in [0.15, 0.2) is 0 Å². The maximum absolute atomic E-state index is 6.62. The summed E-state index contributed by atoms with van der Waals surface area (Å²) in [7, 11) is -1.86. The van der Waals surface area contributed by atoms with Crippen LogP contribution in [0.4, 0.5) is 0 Å². The van der Waals surface area contributed by atoms with Crippen LogP contribution in [0.2, 0.25) is 18.1 Å². The Morgan fingerprint density at radius 3 is 1.93 bits per heavy atom. The van der Waals surface area contributed by atoms with Crippen LogP contribution in [-0.2, 0) is 0 Å². The van der Waals surface area contributed by atoms with Crippen molar-refractivity contribution >= 4 is 8.32 Å². The van der Waals surface area contributed by atoms with E-state index in [4.69, 9.17) is 4.43 Å². The van der Waals surface area contributed by atoms with E-state index < -0.39 is 8.32 Å². The Morgan fingerprint density at radius 2 is 1.40 bits per heavy atom. The zero-order chi connectivity index (χ0) is 22.5. The monoisotopic (exact) mass is 425 g/mol. The summed E-state index contributed by atoms with van der Waals surface area (Å²) in [6.07, 6.45) is 1.10. The summed E-state index contributed by atoms with van der Waals surface area (Å²) in [4.78, 5) is 2.59. The molecule has 0 heterocycles. The number of nitrogens with zero attached hydrogens (tertiary/aromatic N) is 1. The van der Waals surface area contributed by atoms with E-state index >= 15 is 0 Å². The van der Waals surface area contributed by atoms with E-state index in [9.17, 15) is 0 Å². The van der Waals surface area contributed by atoms with Crippen molar-refractivity contribution < 1.29 is 4.43 Å². The van der Waals surface area contributed by atoms with Crippen molar-refractivity contribution in [2.45, 2.75) is 91.0 Å². The smallest absolute Gasteiger partial charge is 0.250 e. The average Bonchev–Trinajstić information content (AvgIpc) is 2.64. The van der Waals surface area contributed by atoms with Gasteiger partial charge in [-0.25, -0.2) is 0 Å². The molecule has 0 spiro atoms. The van der Waals surface area contributed by atoms with Crippen LogP contribution in [0.1, 0.15) is 71.9 Å². The summed E-state index contributed by atoms with van der Waals surface area (Å²) in [5.74, 6) is 1.39. The molecule has 30 heavy (non-hydrogen) atoms. The largest absolute Gasteiger partial charge is 0.543 e. The molecular weight excluding hydrogens is 382 g/mol. The average molecular weight is 426 g/mol. The van der Waals surface area contributed by atoms with Gasteiger partial charge < -0.3 is 4.43 Å². The second-order valence-electron chi connectivity index (χ2n) is 10.6. The van der Waals surface area contributed by atoms with E-state index in [0.717, 1.165) is 18.7 Å². The van der Waals surface area contributed by atoms with E-state index in [1.165, 1.54) is 11.1 Å². The van der Waals surface area contributed by atoms with Crippen molar-refractivity contribution in [2.75, 3.05) is 6.54 Å². The molecule has 2 nitrogen and oxygen atoms in total. The van der Waals surface area contributed by atoms with E-state index in [1.54, 1.807) is 0 Å². The standard InChI is InChI=1S/C27H43NOSi/c1-21(2)28(22(3)4)19-18-26(23-14-11-10-12-15-23)24-16-13-17-25(20-24)29-30(8,9)27(5,6)7/h10-17,20-22,26H,18-19H2,1-9H3. The lowest BCUT2D eigenvalue weighted by Gasteiger charge is -2.36. The lowest BCUT2D eigenvalue weighted by Crippen LogP contribution is -2.43. The maximum Gasteiger partial charge on any atom is 0.250 e. The van der Waals surface area contributed by atoms with Gasteiger partial charge in [-0.3, -0.25) is 4.90 Å². The first-order valence-electron chi connectivity index (χ1n) is 11.5. The van der Waals surface area contributed by atoms with Crippen LogP contribution < -0.4 is 4.43 Å². The highest BCUT2D eigenvalue weighted by molar-refractivity contribution is 6.74. The fourth-order valence-electron chi connectivity index (χ4n) is 3.84. The highest BCUT2D eigenvalue weighted by Gasteiger charge is 2.39. The summed E-state index contributed by atoms with van der Waals surface area (Å²) in [6.45, 7) is 21.8. The zero-order valence-electron chi connectivity index (χ0n) is 20.7. The lowest BCUT2D eigenvalue weighted by molar-refractivity contribution is 0.170. The molecule has 0 fully saturated rings. The van der Waals surface area contributed by atoms with Gasteiger partial charge in [0.1, 0.15) is 5.75 Å². The van der Waals surface area contributed by atoms with Gasteiger partial charge in [-0.05, 0) is 82.1 Å². The van der Waals surface area contributed by atoms with E-state index in [1.807, 2.05) is 0 Å². The van der Waals surface area contributed by atoms with Gasteiger partial charge in [0.2, 0.25) is 8.32 Å². The molecule has 2 rings (SSSR count). The third kappa shape index (κ3) is 6.46. The van der Waals surface area contributed by atoms with Crippen molar-refractivity contribution in [1.82, 2.24) is 4.90 Å². The first-order valence-corrected chi connectivity index (χ1v) is 14.4. The van der Waals surface area contributed by atoms with Crippen molar-refractivity contribution in [3.63, 3.8) is 0 Å². The molecule has 1 atom stereocenters. The fourth-order valence-corrected chi connectivity index (χ4v) is 4.87. The predicted octanol–water partition coefficient (Wildman–Crippen LogP) is 7.71. The minimum Gasteiger partial charge on any atom is -0.543 e. The van der Waals surface area contributed by atoms with Crippen molar-refractivity contribution in [3.8, 4) is 5.75 Å². The summed E-state index contributed by atoms with van der Waals surface area (Å²) in [5, 5.41) is 0.191. The molecule has 0 saturated carbocycles. The van der Waals surface area contributed by atoms with Crippen LogP contribution in [-0.4, -0.2) is 31.8 Å². The molecule has 0 aliphatic rings. The van der Waals surface area contributed by atoms with Gasteiger partial charge in [0, 0.05) is 18.0 Å². The Bertz CT molecular complexity index is 769. The molecule has 0 aliphatic carbocycles. The third-order valence-corrected chi connectivity index (χ3v) is 11.0. The van der Waals surface area contributed by atoms with Crippen molar-refractivity contribution in [3.05, 3.63) is 65.7 Å². The molecule has 0 saturated heterocycles. The van der Waals surface area contributed by atoms with Gasteiger partial charge in [-0.1, -0.05) is 63.2 Å². The summed E-state index contributed by atoms with van der Waals surface area (Å²) in [5.41, 5.74) is 2.74. The van der Waals surface area contributed by atoms with Crippen LogP contribution in [0, 0.1) is 0 Å². The quantitative estimate of drug-likeness (QED) is 0.381. The third-order valence-electron chi connectivity index (χ3n) is 6.64. The van der Waals surface area contributed by atoms with Gasteiger partial charge in [0.25, 0.3) is 0 Å². The summed E-state index contributed by atoms with van der Waals surface area (Å²) in [6, 6.07) is 20.9. The molecule has 2 aromatic rings. The van der Waals surface area contributed by atoms with Crippen LogP contribution in [0.3, 0.4) is 0 Å². The molecule has 2 aromatic carbocycles. The molecule has 0 bridgehead atoms. The topological polar surface area (TPSA) is 12.5 Å². The predicted molar refractivity (Wildman–Crippen MR) is 134 cm³/mol.